The zero-order chi connectivity index (χ0) is 18.2. The van der Waals surface area contributed by atoms with Gasteiger partial charge in [0.15, 0.2) is 0 Å². The van der Waals surface area contributed by atoms with Gasteiger partial charge in [-0.3, -0.25) is 4.72 Å². The van der Waals surface area contributed by atoms with Gasteiger partial charge in [-0.15, -0.1) is 0 Å². The van der Waals surface area contributed by atoms with E-state index in [2.05, 4.69) is 0 Å². The molecule has 2 aromatic rings. The van der Waals surface area contributed by atoms with Crippen LogP contribution in [0.5, 0.6) is 0 Å². The summed E-state index contributed by atoms with van der Waals surface area (Å²) in [5, 5.41) is 5.00. The number of anilines is 1. The lowest BCUT2D eigenvalue weighted by Gasteiger charge is -2.12. The van der Waals surface area contributed by atoms with E-state index in [0.717, 1.165) is 18.2 Å². The SMILES string of the molecule is NS(=O)(=O)c1ccccc1NS(=O)(=O)c1ccc(C(F)(F)F)cc1. The maximum absolute atomic E-state index is 12.5. The van der Waals surface area contributed by atoms with Crippen LogP contribution in [0.15, 0.2) is 58.3 Å². The van der Waals surface area contributed by atoms with E-state index in [1.54, 1.807) is 0 Å². The van der Waals surface area contributed by atoms with Crippen molar-refractivity contribution < 1.29 is 30.0 Å². The first-order valence-corrected chi connectivity index (χ1v) is 9.26. The van der Waals surface area contributed by atoms with Crippen LogP contribution in [0.25, 0.3) is 0 Å². The molecule has 0 saturated heterocycles. The molecule has 2 rings (SSSR count). The minimum Gasteiger partial charge on any atom is -0.278 e. The summed E-state index contributed by atoms with van der Waals surface area (Å²) < 4.78 is 86.8. The number of primary sulfonamides is 1. The molecule has 0 amide bonds. The maximum atomic E-state index is 12.5. The molecule has 0 aliphatic heterocycles. The zero-order valence-corrected chi connectivity index (χ0v) is 13.4. The summed E-state index contributed by atoms with van der Waals surface area (Å²) in [6, 6.07) is 7.74. The Morgan fingerprint density at radius 2 is 1.42 bits per heavy atom. The van der Waals surface area contributed by atoms with Gasteiger partial charge in [0.1, 0.15) is 4.90 Å². The number of rotatable bonds is 4. The fraction of sp³-hybridized carbons (Fsp3) is 0.0769. The number of alkyl halides is 3. The Labute approximate surface area is 136 Å². The molecular formula is C13H11F3N2O4S2. The fourth-order valence-corrected chi connectivity index (χ4v) is 3.66. The largest absolute Gasteiger partial charge is 0.416 e. The van der Waals surface area contributed by atoms with Gasteiger partial charge in [-0.1, -0.05) is 12.1 Å². The Hall–Kier alpha value is -2.11. The smallest absolute Gasteiger partial charge is 0.278 e. The number of para-hydroxylation sites is 1. The standard InChI is InChI=1S/C13H11F3N2O4S2/c14-13(15,16)9-5-7-10(8-6-9)24(21,22)18-11-3-1-2-4-12(11)23(17,19)20/h1-8,18H,(H2,17,19,20). The maximum Gasteiger partial charge on any atom is 0.416 e. The number of sulfonamides is 2. The highest BCUT2D eigenvalue weighted by Gasteiger charge is 2.30. The monoisotopic (exact) mass is 380 g/mol. The van der Waals surface area contributed by atoms with E-state index < -0.39 is 41.6 Å². The molecule has 0 aliphatic carbocycles. The lowest BCUT2D eigenvalue weighted by atomic mass is 10.2. The van der Waals surface area contributed by atoms with Gasteiger partial charge in [0.05, 0.1) is 16.1 Å². The first-order chi connectivity index (χ1) is 10.9. The average molecular weight is 380 g/mol. The lowest BCUT2D eigenvalue weighted by molar-refractivity contribution is -0.137. The summed E-state index contributed by atoms with van der Waals surface area (Å²) in [6.07, 6.45) is -4.60. The Balaban J connectivity index is 2.40. The predicted molar refractivity (Wildman–Crippen MR) is 80.1 cm³/mol. The normalized spacial score (nSPS) is 12.8. The third kappa shape index (κ3) is 4.04. The van der Waals surface area contributed by atoms with Crippen LogP contribution in [-0.2, 0) is 26.2 Å². The number of hydrogen-bond donors (Lipinski definition) is 2. The van der Waals surface area contributed by atoms with Crippen LogP contribution in [0.2, 0.25) is 0 Å². The molecule has 2 aromatic carbocycles. The third-order valence-electron chi connectivity index (χ3n) is 2.93. The molecule has 0 aliphatic rings. The topological polar surface area (TPSA) is 106 Å². The Morgan fingerprint density at radius 3 is 1.92 bits per heavy atom. The minimum atomic E-state index is -4.60. The quantitative estimate of drug-likeness (QED) is 0.848. The second kappa shape index (κ2) is 6.07. The molecule has 0 heterocycles. The van der Waals surface area contributed by atoms with E-state index in [4.69, 9.17) is 5.14 Å². The summed E-state index contributed by atoms with van der Waals surface area (Å²) in [5.41, 5.74) is -1.31. The van der Waals surface area contributed by atoms with E-state index in [1.807, 2.05) is 4.72 Å². The third-order valence-corrected chi connectivity index (χ3v) is 5.28. The Kier molecular flexibility index (Phi) is 4.61. The van der Waals surface area contributed by atoms with E-state index >= 15 is 0 Å². The summed E-state index contributed by atoms with van der Waals surface area (Å²) in [5.74, 6) is 0. The van der Waals surface area contributed by atoms with E-state index in [-0.39, 0.29) is 5.69 Å². The van der Waals surface area contributed by atoms with Crippen LogP contribution in [0, 0.1) is 0 Å². The fourth-order valence-electron chi connectivity index (χ4n) is 1.83. The second-order valence-corrected chi connectivity index (χ2v) is 7.88. The van der Waals surface area contributed by atoms with Gasteiger partial charge in [0.25, 0.3) is 10.0 Å². The number of nitrogens with one attached hydrogen (secondary N) is 1. The van der Waals surface area contributed by atoms with Crippen LogP contribution in [-0.4, -0.2) is 16.8 Å². The second-order valence-electron chi connectivity index (χ2n) is 4.67. The van der Waals surface area contributed by atoms with Gasteiger partial charge >= 0.3 is 6.18 Å². The molecule has 0 radical (unpaired) electrons. The molecule has 130 valence electrons. The molecule has 0 bridgehead atoms. The van der Waals surface area contributed by atoms with E-state index in [0.29, 0.717) is 12.1 Å². The van der Waals surface area contributed by atoms with E-state index in [9.17, 15) is 30.0 Å². The molecule has 24 heavy (non-hydrogen) atoms. The predicted octanol–water partition coefficient (Wildman–Crippen LogP) is 2.15. The number of hydrogen-bond acceptors (Lipinski definition) is 4. The first kappa shape index (κ1) is 18.2. The van der Waals surface area contributed by atoms with Gasteiger partial charge in [0.2, 0.25) is 10.0 Å². The van der Waals surface area contributed by atoms with Crippen molar-refractivity contribution in [2.45, 2.75) is 16.0 Å². The molecule has 11 heteroatoms. The van der Waals surface area contributed by atoms with Crippen LogP contribution in [0.1, 0.15) is 5.56 Å². The van der Waals surface area contributed by atoms with Gasteiger partial charge in [-0.25, -0.2) is 22.0 Å². The van der Waals surface area contributed by atoms with Crippen molar-refractivity contribution in [3.05, 3.63) is 54.1 Å². The lowest BCUT2D eigenvalue weighted by Crippen LogP contribution is -2.19. The molecular weight excluding hydrogens is 369 g/mol. The Bertz CT molecular complexity index is 953. The Morgan fingerprint density at radius 1 is 0.875 bits per heavy atom. The molecule has 0 saturated carbocycles. The van der Waals surface area contributed by atoms with Crippen molar-refractivity contribution in [2.24, 2.45) is 5.14 Å². The van der Waals surface area contributed by atoms with Crippen molar-refractivity contribution in [3.8, 4) is 0 Å². The first-order valence-electron chi connectivity index (χ1n) is 6.23. The summed E-state index contributed by atoms with van der Waals surface area (Å²) in [4.78, 5) is -0.916. The van der Waals surface area contributed by atoms with Crippen molar-refractivity contribution in [3.63, 3.8) is 0 Å². The van der Waals surface area contributed by atoms with Crippen molar-refractivity contribution >= 4 is 25.7 Å². The van der Waals surface area contributed by atoms with Gasteiger partial charge < -0.3 is 0 Å². The highest BCUT2D eigenvalue weighted by Crippen LogP contribution is 2.30. The van der Waals surface area contributed by atoms with E-state index in [1.165, 1.54) is 18.2 Å². The zero-order valence-electron chi connectivity index (χ0n) is 11.8. The van der Waals surface area contributed by atoms with Crippen molar-refractivity contribution in [1.29, 1.82) is 0 Å². The van der Waals surface area contributed by atoms with Gasteiger partial charge in [-0.05, 0) is 36.4 Å². The van der Waals surface area contributed by atoms with Crippen molar-refractivity contribution in [2.75, 3.05) is 4.72 Å². The molecule has 0 aromatic heterocycles. The molecule has 0 fully saturated rings. The van der Waals surface area contributed by atoms with Crippen LogP contribution in [0.4, 0.5) is 18.9 Å². The average Bonchev–Trinajstić information content (AvgIpc) is 2.45. The van der Waals surface area contributed by atoms with Gasteiger partial charge in [0, 0.05) is 0 Å². The van der Waals surface area contributed by atoms with Crippen LogP contribution < -0.4 is 9.86 Å². The molecule has 6 nitrogen and oxygen atoms in total. The van der Waals surface area contributed by atoms with Gasteiger partial charge in [-0.2, -0.15) is 13.2 Å². The van der Waals surface area contributed by atoms with Crippen LogP contribution >= 0.6 is 0 Å². The molecule has 0 spiro atoms. The number of nitrogens with two attached hydrogens (primary N) is 1. The number of benzene rings is 2. The molecule has 0 unspecified atom stereocenters. The highest BCUT2D eigenvalue weighted by atomic mass is 32.2. The number of halogens is 3. The summed E-state index contributed by atoms with van der Waals surface area (Å²) in [6.45, 7) is 0. The van der Waals surface area contributed by atoms with Crippen LogP contribution in [0.3, 0.4) is 0 Å². The minimum absolute atomic E-state index is 0.306. The summed E-state index contributed by atoms with van der Waals surface area (Å²) >= 11 is 0. The molecule has 0 atom stereocenters. The molecule has 3 N–H and O–H groups in total. The van der Waals surface area contributed by atoms with Crippen molar-refractivity contribution in [1.82, 2.24) is 0 Å². The summed E-state index contributed by atoms with van der Waals surface area (Å²) in [7, 11) is -8.49. The highest BCUT2D eigenvalue weighted by molar-refractivity contribution is 7.93.